The van der Waals surface area contributed by atoms with Crippen LogP contribution in [0.1, 0.15) is 22.0 Å². The molecule has 1 amide bonds. The molecule has 2 fully saturated rings. The van der Waals surface area contributed by atoms with Crippen LogP contribution in [-0.2, 0) is 0 Å². The van der Waals surface area contributed by atoms with Gasteiger partial charge in [-0.3, -0.25) is 14.5 Å². The average molecular weight is 353 g/mol. The molecule has 2 saturated heterocycles. The van der Waals surface area contributed by atoms with Crippen molar-refractivity contribution in [2.45, 2.75) is 6.04 Å². The number of hydrogen-bond donors (Lipinski definition) is 1. The molecule has 0 saturated carbocycles. The summed E-state index contributed by atoms with van der Waals surface area (Å²) < 4.78 is 5.26. The lowest BCUT2D eigenvalue weighted by atomic mass is 9.89. The smallest absolute Gasteiger partial charge is 0.255 e. The number of ether oxygens (including phenoxy) is 1. The zero-order valence-electron chi connectivity index (χ0n) is 15.0. The number of rotatable bonds is 3. The number of carbonyl (C=O) groups excluding carboxylic acids is 1. The third-order valence-electron chi connectivity index (χ3n) is 5.67. The molecule has 2 aromatic rings. The van der Waals surface area contributed by atoms with Crippen LogP contribution in [0.15, 0.2) is 47.4 Å². The first-order valence-electron chi connectivity index (χ1n) is 8.89. The van der Waals surface area contributed by atoms with Gasteiger partial charge in [0, 0.05) is 43.9 Å². The van der Waals surface area contributed by atoms with E-state index in [0.29, 0.717) is 23.4 Å². The summed E-state index contributed by atoms with van der Waals surface area (Å²) in [6.07, 6.45) is 1.51. The molecule has 2 aliphatic rings. The van der Waals surface area contributed by atoms with E-state index in [9.17, 15) is 9.59 Å². The number of amides is 1. The number of nitrogens with one attached hydrogen (secondary N) is 1. The molecule has 136 valence electrons. The molecule has 0 spiro atoms. The van der Waals surface area contributed by atoms with Gasteiger partial charge in [0.05, 0.1) is 12.7 Å². The first-order valence-corrected chi connectivity index (χ1v) is 8.89. The van der Waals surface area contributed by atoms with E-state index in [1.807, 2.05) is 17.0 Å². The van der Waals surface area contributed by atoms with Gasteiger partial charge in [-0.05, 0) is 36.7 Å². The number of methoxy groups -OCH3 is 1. The molecular weight excluding hydrogens is 330 g/mol. The molecular formula is C20H23N3O3. The van der Waals surface area contributed by atoms with Gasteiger partial charge in [-0.2, -0.15) is 0 Å². The number of H-pyrrole nitrogens is 1. The van der Waals surface area contributed by atoms with Crippen molar-refractivity contribution in [2.24, 2.45) is 11.8 Å². The summed E-state index contributed by atoms with van der Waals surface area (Å²) in [6, 6.07) is 11.5. The Morgan fingerprint density at radius 1 is 1.12 bits per heavy atom. The molecule has 0 unspecified atom stereocenters. The van der Waals surface area contributed by atoms with Crippen LogP contribution < -0.4 is 10.3 Å². The highest BCUT2D eigenvalue weighted by Crippen LogP contribution is 2.44. The van der Waals surface area contributed by atoms with E-state index in [1.165, 1.54) is 17.8 Å². The van der Waals surface area contributed by atoms with Crippen LogP contribution in [0.4, 0.5) is 0 Å². The SMILES string of the molecule is COc1ccc([C@@H]2[C@@H]3CN(C(=O)c4ccc(=O)[nH]c4)C[C@@H]3CN2C)cc1. The topological polar surface area (TPSA) is 65.6 Å². The second-order valence-corrected chi connectivity index (χ2v) is 7.23. The zero-order valence-corrected chi connectivity index (χ0v) is 15.0. The summed E-state index contributed by atoms with van der Waals surface area (Å²) in [5.41, 5.74) is 1.61. The van der Waals surface area contributed by atoms with Crippen LogP contribution in [0.3, 0.4) is 0 Å². The number of hydrogen-bond acceptors (Lipinski definition) is 4. The Bertz CT molecular complexity index is 841. The molecule has 6 heteroatoms. The maximum Gasteiger partial charge on any atom is 0.255 e. The third kappa shape index (κ3) is 2.90. The first-order chi connectivity index (χ1) is 12.6. The van der Waals surface area contributed by atoms with Crippen LogP contribution >= 0.6 is 0 Å². The monoisotopic (exact) mass is 353 g/mol. The molecule has 2 aliphatic heterocycles. The fourth-order valence-electron chi connectivity index (χ4n) is 4.45. The highest BCUT2D eigenvalue weighted by Gasteiger charge is 2.47. The number of fused-ring (bicyclic) bond motifs is 1. The third-order valence-corrected chi connectivity index (χ3v) is 5.67. The number of aromatic nitrogens is 1. The minimum Gasteiger partial charge on any atom is -0.497 e. The maximum absolute atomic E-state index is 12.8. The number of likely N-dealkylation sites (tertiary alicyclic amines) is 2. The molecule has 0 radical (unpaired) electrons. The lowest BCUT2D eigenvalue weighted by Crippen LogP contribution is -2.33. The molecule has 0 bridgehead atoms. The number of benzene rings is 1. The molecule has 26 heavy (non-hydrogen) atoms. The van der Waals surface area contributed by atoms with Crippen molar-refractivity contribution >= 4 is 5.91 Å². The second kappa shape index (κ2) is 6.61. The summed E-state index contributed by atoms with van der Waals surface area (Å²) in [5, 5.41) is 0. The Morgan fingerprint density at radius 3 is 2.54 bits per heavy atom. The van der Waals surface area contributed by atoms with Gasteiger partial charge in [-0.25, -0.2) is 0 Å². The lowest BCUT2D eigenvalue weighted by Gasteiger charge is -2.27. The molecule has 4 rings (SSSR count). The van der Waals surface area contributed by atoms with Crippen LogP contribution in [0.5, 0.6) is 5.75 Å². The number of pyridine rings is 1. The average Bonchev–Trinajstić information content (AvgIpc) is 3.18. The molecule has 1 aromatic heterocycles. The quantitative estimate of drug-likeness (QED) is 0.913. The van der Waals surface area contributed by atoms with Crippen molar-refractivity contribution in [3.63, 3.8) is 0 Å². The van der Waals surface area contributed by atoms with E-state index in [2.05, 4.69) is 29.1 Å². The summed E-state index contributed by atoms with van der Waals surface area (Å²) in [7, 11) is 3.82. The maximum atomic E-state index is 12.8. The van der Waals surface area contributed by atoms with Gasteiger partial charge in [0.1, 0.15) is 5.75 Å². The lowest BCUT2D eigenvalue weighted by molar-refractivity contribution is 0.0767. The predicted octanol–water partition coefficient (Wildman–Crippen LogP) is 1.76. The van der Waals surface area contributed by atoms with E-state index in [4.69, 9.17) is 4.74 Å². The number of carbonyl (C=O) groups is 1. The minimum atomic E-state index is -0.193. The number of nitrogens with zero attached hydrogens (tertiary/aromatic N) is 2. The normalized spacial score (nSPS) is 25.3. The van der Waals surface area contributed by atoms with Gasteiger partial charge in [0.15, 0.2) is 0 Å². The van der Waals surface area contributed by atoms with E-state index < -0.39 is 0 Å². The van der Waals surface area contributed by atoms with Crippen LogP contribution in [0, 0.1) is 11.8 Å². The van der Waals surface area contributed by atoms with Gasteiger partial charge >= 0.3 is 0 Å². The van der Waals surface area contributed by atoms with Gasteiger partial charge in [-0.1, -0.05) is 12.1 Å². The Morgan fingerprint density at radius 2 is 1.88 bits per heavy atom. The molecule has 3 atom stereocenters. The molecule has 0 aliphatic carbocycles. The summed E-state index contributed by atoms with van der Waals surface area (Å²) in [6.45, 7) is 2.49. The molecule has 1 N–H and O–H groups in total. The standard InChI is InChI=1S/C20H23N3O3/c1-22-10-15-11-23(20(25)14-5-8-18(24)21-9-14)12-17(15)19(22)13-3-6-16(26-2)7-4-13/h3-9,15,17,19H,10-12H2,1-2H3,(H,21,24)/t15-,17+,19+/m0/s1. The summed E-state index contributed by atoms with van der Waals surface area (Å²) in [4.78, 5) is 30.9. The summed E-state index contributed by atoms with van der Waals surface area (Å²) >= 11 is 0. The molecule has 1 aromatic carbocycles. The minimum absolute atomic E-state index is 0.00761. The van der Waals surface area contributed by atoms with Gasteiger partial charge in [0.25, 0.3) is 5.91 Å². The largest absolute Gasteiger partial charge is 0.497 e. The van der Waals surface area contributed by atoms with Crippen LogP contribution in [0.2, 0.25) is 0 Å². The zero-order chi connectivity index (χ0) is 18.3. The highest BCUT2D eigenvalue weighted by atomic mass is 16.5. The van der Waals surface area contributed by atoms with Gasteiger partial charge in [-0.15, -0.1) is 0 Å². The Labute approximate surface area is 152 Å². The predicted molar refractivity (Wildman–Crippen MR) is 98.3 cm³/mol. The fraction of sp³-hybridized carbons (Fsp3) is 0.400. The van der Waals surface area contributed by atoms with Crippen molar-refractivity contribution < 1.29 is 9.53 Å². The van der Waals surface area contributed by atoms with E-state index >= 15 is 0 Å². The first kappa shape index (κ1) is 16.8. The van der Waals surface area contributed by atoms with E-state index in [1.54, 1.807) is 13.2 Å². The van der Waals surface area contributed by atoms with Crippen molar-refractivity contribution in [2.75, 3.05) is 33.8 Å². The Kier molecular flexibility index (Phi) is 4.28. The molecule has 6 nitrogen and oxygen atoms in total. The van der Waals surface area contributed by atoms with E-state index in [0.717, 1.165) is 25.4 Å². The highest BCUT2D eigenvalue weighted by molar-refractivity contribution is 5.94. The van der Waals surface area contributed by atoms with Crippen molar-refractivity contribution in [3.05, 3.63) is 64.1 Å². The second-order valence-electron chi connectivity index (χ2n) is 7.23. The summed E-state index contributed by atoms with van der Waals surface area (Å²) in [5.74, 6) is 1.73. The van der Waals surface area contributed by atoms with Gasteiger partial charge in [0.2, 0.25) is 5.56 Å². The van der Waals surface area contributed by atoms with E-state index in [-0.39, 0.29) is 11.5 Å². The van der Waals surface area contributed by atoms with Crippen molar-refractivity contribution in [3.8, 4) is 5.75 Å². The van der Waals surface area contributed by atoms with Crippen molar-refractivity contribution in [1.82, 2.24) is 14.8 Å². The van der Waals surface area contributed by atoms with Crippen LogP contribution in [-0.4, -0.2) is 54.5 Å². The molecule has 3 heterocycles. The number of aromatic amines is 1. The Balaban J connectivity index is 1.53. The van der Waals surface area contributed by atoms with Gasteiger partial charge < -0.3 is 14.6 Å². The fourth-order valence-corrected chi connectivity index (χ4v) is 4.45. The Hall–Kier alpha value is -2.60. The van der Waals surface area contributed by atoms with Crippen LogP contribution in [0.25, 0.3) is 0 Å². The van der Waals surface area contributed by atoms with Crippen molar-refractivity contribution in [1.29, 1.82) is 0 Å².